The van der Waals surface area contributed by atoms with Crippen molar-refractivity contribution in [2.24, 2.45) is 0 Å². The van der Waals surface area contributed by atoms with Gasteiger partial charge in [-0.2, -0.15) is 0 Å². The zero-order chi connectivity index (χ0) is 8.97. The zero-order valence-corrected chi connectivity index (χ0v) is 7.64. The van der Waals surface area contributed by atoms with Crippen LogP contribution >= 0.6 is 11.6 Å². The van der Waals surface area contributed by atoms with E-state index in [4.69, 9.17) is 16.3 Å². The third-order valence-electron chi connectivity index (χ3n) is 1.51. The summed E-state index contributed by atoms with van der Waals surface area (Å²) < 4.78 is 5.04. The number of methoxy groups -OCH3 is 1. The topological polar surface area (TPSA) is 22.1 Å². The standard InChI is InChI=1S/C9H10ClNO/c1-7(6-10)8-4-3-5-11-9(8)12-2/h3-5H,1,6H2,2H3. The number of aromatic nitrogens is 1. The van der Waals surface area contributed by atoms with E-state index in [0.29, 0.717) is 11.8 Å². The molecule has 0 atom stereocenters. The van der Waals surface area contributed by atoms with Crippen LogP contribution in [0, 0.1) is 0 Å². The third kappa shape index (κ3) is 1.77. The summed E-state index contributed by atoms with van der Waals surface area (Å²) in [6, 6.07) is 3.71. The van der Waals surface area contributed by atoms with Crippen LogP contribution in [0.1, 0.15) is 5.56 Å². The highest BCUT2D eigenvalue weighted by Gasteiger charge is 2.04. The minimum atomic E-state index is 0.391. The van der Waals surface area contributed by atoms with E-state index in [1.165, 1.54) is 0 Å². The Morgan fingerprint density at radius 1 is 1.75 bits per heavy atom. The van der Waals surface area contributed by atoms with Gasteiger partial charge in [-0.25, -0.2) is 4.98 Å². The van der Waals surface area contributed by atoms with E-state index < -0.39 is 0 Å². The summed E-state index contributed by atoms with van der Waals surface area (Å²) in [5, 5.41) is 0. The number of hydrogen-bond acceptors (Lipinski definition) is 2. The molecule has 0 amide bonds. The molecule has 1 aromatic rings. The summed E-state index contributed by atoms with van der Waals surface area (Å²) >= 11 is 5.63. The minimum absolute atomic E-state index is 0.391. The van der Waals surface area contributed by atoms with Crippen molar-refractivity contribution in [2.75, 3.05) is 13.0 Å². The summed E-state index contributed by atoms with van der Waals surface area (Å²) in [7, 11) is 1.58. The lowest BCUT2D eigenvalue weighted by Gasteiger charge is -2.06. The average molecular weight is 184 g/mol. The number of halogens is 1. The van der Waals surface area contributed by atoms with E-state index in [0.717, 1.165) is 11.1 Å². The Kier molecular flexibility index (Phi) is 3.11. The van der Waals surface area contributed by atoms with E-state index in [1.54, 1.807) is 13.3 Å². The van der Waals surface area contributed by atoms with Crippen LogP contribution in [0.25, 0.3) is 5.57 Å². The predicted octanol–water partition coefficient (Wildman–Crippen LogP) is 2.34. The van der Waals surface area contributed by atoms with Crippen LogP contribution in [0.2, 0.25) is 0 Å². The second-order valence-electron chi connectivity index (χ2n) is 2.30. The Morgan fingerprint density at radius 3 is 3.08 bits per heavy atom. The van der Waals surface area contributed by atoms with E-state index in [1.807, 2.05) is 12.1 Å². The second-order valence-corrected chi connectivity index (χ2v) is 2.56. The maximum absolute atomic E-state index is 5.63. The first kappa shape index (κ1) is 9.07. The van der Waals surface area contributed by atoms with Crippen molar-refractivity contribution >= 4 is 17.2 Å². The van der Waals surface area contributed by atoms with Gasteiger partial charge in [0.2, 0.25) is 5.88 Å². The molecule has 12 heavy (non-hydrogen) atoms. The number of ether oxygens (including phenoxy) is 1. The smallest absolute Gasteiger partial charge is 0.220 e. The van der Waals surface area contributed by atoms with E-state index in [9.17, 15) is 0 Å². The van der Waals surface area contributed by atoms with Gasteiger partial charge in [-0.05, 0) is 17.7 Å². The lowest BCUT2D eigenvalue weighted by atomic mass is 10.1. The van der Waals surface area contributed by atoms with Gasteiger partial charge < -0.3 is 4.74 Å². The van der Waals surface area contributed by atoms with E-state index in [-0.39, 0.29) is 0 Å². The molecule has 0 radical (unpaired) electrons. The molecule has 0 fully saturated rings. The molecule has 0 aliphatic heterocycles. The van der Waals surface area contributed by atoms with Crippen molar-refractivity contribution in [2.45, 2.75) is 0 Å². The van der Waals surface area contributed by atoms with Gasteiger partial charge in [0.1, 0.15) is 0 Å². The molecular weight excluding hydrogens is 174 g/mol. The first-order valence-electron chi connectivity index (χ1n) is 3.52. The fourth-order valence-electron chi connectivity index (χ4n) is 0.895. The molecule has 1 rings (SSSR count). The number of nitrogens with zero attached hydrogens (tertiary/aromatic N) is 1. The van der Waals surface area contributed by atoms with E-state index >= 15 is 0 Å². The highest BCUT2D eigenvalue weighted by Crippen LogP contribution is 2.22. The number of hydrogen-bond donors (Lipinski definition) is 0. The van der Waals surface area contributed by atoms with Crippen molar-refractivity contribution in [3.05, 3.63) is 30.5 Å². The van der Waals surface area contributed by atoms with Gasteiger partial charge in [0.05, 0.1) is 7.11 Å². The molecule has 3 heteroatoms. The molecule has 2 nitrogen and oxygen atoms in total. The highest BCUT2D eigenvalue weighted by atomic mass is 35.5. The van der Waals surface area contributed by atoms with Gasteiger partial charge in [0.25, 0.3) is 0 Å². The molecule has 0 saturated heterocycles. The fraction of sp³-hybridized carbons (Fsp3) is 0.222. The average Bonchev–Trinajstić information content (AvgIpc) is 2.16. The first-order chi connectivity index (χ1) is 5.79. The van der Waals surface area contributed by atoms with Crippen LogP contribution in [0.15, 0.2) is 24.9 Å². The third-order valence-corrected chi connectivity index (χ3v) is 1.83. The van der Waals surface area contributed by atoms with Gasteiger partial charge in [-0.1, -0.05) is 6.58 Å². The maximum Gasteiger partial charge on any atom is 0.220 e. The maximum atomic E-state index is 5.63. The molecule has 0 aliphatic rings. The Balaban J connectivity index is 3.04. The zero-order valence-electron chi connectivity index (χ0n) is 6.88. The molecule has 1 heterocycles. The summed E-state index contributed by atoms with van der Waals surface area (Å²) in [5.41, 5.74) is 1.69. The Hall–Kier alpha value is -1.02. The van der Waals surface area contributed by atoms with Crippen LogP contribution in [0.4, 0.5) is 0 Å². The number of alkyl halides is 1. The SMILES string of the molecule is C=C(CCl)c1cccnc1OC. The normalized spacial score (nSPS) is 9.50. The summed E-state index contributed by atoms with van der Waals surface area (Å²) in [4.78, 5) is 4.02. The first-order valence-corrected chi connectivity index (χ1v) is 4.06. The van der Waals surface area contributed by atoms with E-state index in [2.05, 4.69) is 11.6 Å². The van der Waals surface area contributed by atoms with Crippen LogP contribution in [-0.4, -0.2) is 18.0 Å². The molecule has 0 saturated carbocycles. The lowest BCUT2D eigenvalue weighted by molar-refractivity contribution is 0.396. The fourth-order valence-corrected chi connectivity index (χ4v) is 1.04. The van der Waals surface area contributed by atoms with Crippen LogP contribution in [-0.2, 0) is 0 Å². The molecule has 0 N–H and O–H groups in total. The van der Waals surface area contributed by atoms with Crippen LogP contribution in [0.5, 0.6) is 5.88 Å². The summed E-state index contributed by atoms with van der Waals surface area (Å²) in [6.45, 7) is 3.80. The van der Waals surface area contributed by atoms with Gasteiger partial charge in [0, 0.05) is 17.6 Å². The predicted molar refractivity (Wildman–Crippen MR) is 50.5 cm³/mol. The summed E-state index contributed by atoms with van der Waals surface area (Å²) in [6.07, 6.45) is 1.67. The molecule has 0 aliphatic carbocycles. The van der Waals surface area contributed by atoms with Gasteiger partial charge in [-0.3, -0.25) is 0 Å². The second kappa shape index (κ2) is 4.12. The van der Waals surface area contributed by atoms with Crippen molar-refractivity contribution in [1.82, 2.24) is 4.98 Å². The monoisotopic (exact) mass is 183 g/mol. The highest BCUT2D eigenvalue weighted by molar-refractivity contribution is 6.23. The Bertz CT molecular complexity index is 286. The molecule has 64 valence electrons. The number of allylic oxidation sites excluding steroid dienone is 1. The van der Waals surface area contributed by atoms with Crippen molar-refractivity contribution < 1.29 is 4.74 Å². The van der Waals surface area contributed by atoms with Crippen LogP contribution < -0.4 is 4.74 Å². The summed E-state index contributed by atoms with van der Waals surface area (Å²) in [5.74, 6) is 0.963. The Labute approximate surface area is 76.8 Å². The van der Waals surface area contributed by atoms with Gasteiger partial charge in [-0.15, -0.1) is 11.6 Å². The molecule has 0 aromatic carbocycles. The number of rotatable bonds is 3. The largest absolute Gasteiger partial charge is 0.481 e. The molecule has 0 spiro atoms. The molecule has 0 unspecified atom stereocenters. The van der Waals surface area contributed by atoms with Crippen molar-refractivity contribution in [3.8, 4) is 5.88 Å². The van der Waals surface area contributed by atoms with Gasteiger partial charge in [0.15, 0.2) is 0 Å². The molecule has 1 aromatic heterocycles. The molecule has 0 bridgehead atoms. The quantitative estimate of drug-likeness (QED) is 0.672. The Morgan fingerprint density at radius 2 is 2.50 bits per heavy atom. The molecular formula is C9H10ClNO. The van der Waals surface area contributed by atoms with Crippen LogP contribution in [0.3, 0.4) is 0 Å². The van der Waals surface area contributed by atoms with Crippen molar-refractivity contribution in [1.29, 1.82) is 0 Å². The minimum Gasteiger partial charge on any atom is -0.481 e. The van der Waals surface area contributed by atoms with Crippen molar-refractivity contribution in [3.63, 3.8) is 0 Å². The lowest BCUT2D eigenvalue weighted by Crippen LogP contribution is -1.93. The number of pyridine rings is 1. The van der Waals surface area contributed by atoms with Gasteiger partial charge >= 0.3 is 0 Å².